The van der Waals surface area contributed by atoms with Crippen molar-refractivity contribution in [2.24, 2.45) is 0 Å². The maximum absolute atomic E-state index is 12.3. The number of aromatic nitrogens is 1. The van der Waals surface area contributed by atoms with Crippen molar-refractivity contribution >= 4 is 33.2 Å². The van der Waals surface area contributed by atoms with Crippen LogP contribution in [0.15, 0.2) is 41.0 Å². The van der Waals surface area contributed by atoms with Gasteiger partial charge in [-0.25, -0.2) is 0 Å². The number of nitro groups is 1. The highest BCUT2D eigenvalue weighted by atomic mass is 79.9. The lowest BCUT2D eigenvalue weighted by Gasteiger charge is -2.08. The number of nitrogens with one attached hydrogen (secondary N) is 1. The van der Waals surface area contributed by atoms with Crippen molar-refractivity contribution in [3.63, 3.8) is 0 Å². The van der Waals surface area contributed by atoms with Crippen LogP contribution in [0, 0.1) is 10.1 Å². The Bertz CT molecular complexity index is 705. The monoisotopic (exact) mass is 349 g/mol. The third-order valence-electron chi connectivity index (χ3n) is 3.32. The molecule has 2 aromatic rings. The summed E-state index contributed by atoms with van der Waals surface area (Å²) in [5, 5.41) is 13.4. The van der Waals surface area contributed by atoms with E-state index in [0.717, 1.165) is 17.3 Å². The van der Waals surface area contributed by atoms with Crippen LogP contribution in [0.5, 0.6) is 0 Å². The highest BCUT2D eigenvalue weighted by Gasteiger charge is 2.27. The van der Waals surface area contributed by atoms with E-state index in [9.17, 15) is 14.9 Å². The first-order valence-electron chi connectivity index (χ1n) is 6.48. The summed E-state index contributed by atoms with van der Waals surface area (Å²) < 4.78 is 2.83. The van der Waals surface area contributed by atoms with Crippen LogP contribution >= 0.6 is 15.9 Å². The summed E-state index contributed by atoms with van der Waals surface area (Å²) >= 11 is 3.38. The van der Waals surface area contributed by atoms with Gasteiger partial charge in [0.25, 0.3) is 11.6 Å². The molecule has 0 bridgehead atoms. The number of halogens is 1. The molecule has 0 radical (unpaired) electrons. The van der Waals surface area contributed by atoms with Gasteiger partial charge in [0.1, 0.15) is 5.69 Å². The van der Waals surface area contributed by atoms with E-state index < -0.39 is 4.92 Å². The number of nitrogens with zero attached hydrogens (tertiary/aromatic N) is 2. The largest absolute Gasteiger partial charge is 0.339 e. The number of hydrogen-bond acceptors (Lipinski definition) is 3. The number of amides is 1. The molecule has 1 aromatic carbocycles. The lowest BCUT2D eigenvalue weighted by atomic mass is 10.2. The van der Waals surface area contributed by atoms with Crippen molar-refractivity contribution < 1.29 is 9.72 Å². The molecule has 1 fully saturated rings. The second kappa shape index (κ2) is 5.33. The number of benzene rings is 1. The van der Waals surface area contributed by atoms with E-state index in [1.54, 1.807) is 6.07 Å². The van der Waals surface area contributed by atoms with Crippen LogP contribution in [0.2, 0.25) is 0 Å². The number of rotatable bonds is 4. The average molecular weight is 350 g/mol. The quantitative estimate of drug-likeness (QED) is 0.674. The zero-order chi connectivity index (χ0) is 15.0. The molecule has 0 aliphatic heterocycles. The predicted octanol–water partition coefficient (Wildman–Crippen LogP) is 3.75. The molecular weight excluding hydrogens is 338 g/mol. The van der Waals surface area contributed by atoms with Crippen molar-refractivity contribution in [2.75, 3.05) is 5.32 Å². The molecule has 0 saturated heterocycles. The molecule has 1 saturated carbocycles. The number of carbonyl (C=O) groups is 1. The summed E-state index contributed by atoms with van der Waals surface area (Å²) in [6.45, 7) is 0. The van der Waals surface area contributed by atoms with Gasteiger partial charge in [-0.05, 0) is 47.0 Å². The molecule has 1 N–H and O–H groups in total. The van der Waals surface area contributed by atoms with Crippen molar-refractivity contribution in [1.82, 2.24) is 4.57 Å². The number of carbonyl (C=O) groups excluding carboxylic acids is 1. The van der Waals surface area contributed by atoms with Crippen LogP contribution in [0.25, 0.3) is 0 Å². The van der Waals surface area contributed by atoms with Crippen molar-refractivity contribution in [3.8, 4) is 0 Å². The van der Waals surface area contributed by atoms with Gasteiger partial charge < -0.3 is 9.88 Å². The van der Waals surface area contributed by atoms with Gasteiger partial charge in [-0.2, -0.15) is 0 Å². The Morgan fingerprint density at radius 2 is 2.00 bits per heavy atom. The zero-order valence-electron chi connectivity index (χ0n) is 11.0. The summed E-state index contributed by atoms with van der Waals surface area (Å²) in [7, 11) is 0. The summed E-state index contributed by atoms with van der Waals surface area (Å²) in [4.78, 5) is 22.4. The minimum absolute atomic E-state index is 0.00269. The van der Waals surface area contributed by atoms with Crippen LogP contribution in [0.4, 0.5) is 11.4 Å². The smallest absolute Gasteiger partial charge is 0.272 e. The van der Waals surface area contributed by atoms with Gasteiger partial charge in [-0.1, -0.05) is 0 Å². The second-order valence-corrected chi connectivity index (χ2v) is 5.86. The number of anilines is 1. The van der Waals surface area contributed by atoms with Crippen molar-refractivity contribution in [3.05, 3.63) is 56.8 Å². The van der Waals surface area contributed by atoms with Crippen molar-refractivity contribution in [2.45, 2.75) is 18.9 Å². The van der Waals surface area contributed by atoms with Gasteiger partial charge in [0.2, 0.25) is 0 Å². The van der Waals surface area contributed by atoms with Crippen LogP contribution in [0.3, 0.4) is 0 Å². The molecule has 3 rings (SSSR count). The molecular formula is C14H12BrN3O3. The lowest BCUT2D eigenvalue weighted by molar-refractivity contribution is -0.384. The predicted molar refractivity (Wildman–Crippen MR) is 81.5 cm³/mol. The Hall–Kier alpha value is -2.15. The third kappa shape index (κ3) is 2.97. The first kappa shape index (κ1) is 13.8. The number of non-ortho nitro benzene ring substituents is 1. The summed E-state index contributed by atoms with van der Waals surface area (Å²) in [5.41, 5.74) is 1.12. The van der Waals surface area contributed by atoms with Gasteiger partial charge in [0.05, 0.1) is 4.92 Å². The minimum Gasteiger partial charge on any atom is -0.339 e. The Morgan fingerprint density at radius 1 is 1.33 bits per heavy atom. The topological polar surface area (TPSA) is 77.2 Å². The van der Waals surface area contributed by atoms with E-state index in [1.807, 2.05) is 10.8 Å². The Balaban J connectivity index is 1.78. The highest BCUT2D eigenvalue weighted by Crippen LogP contribution is 2.37. The molecule has 6 nitrogen and oxygen atoms in total. The molecule has 7 heteroatoms. The molecule has 108 valence electrons. The van der Waals surface area contributed by atoms with E-state index >= 15 is 0 Å². The fourth-order valence-electron chi connectivity index (χ4n) is 2.14. The molecule has 21 heavy (non-hydrogen) atoms. The van der Waals surface area contributed by atoms with Crippen LogP contribution < -0.4 is 5.32 Å². The Labute approximate surface area is 129 Å². The summed E-state index contributed by atoms with van der Waals surface area (Å²) in [6.07, 6.45) is 4.07. The zero-order valence-corrected chi connectivity index (χ0v) is 12.5. The summed E-state index contributed by atoms with van der Waals surface area (Å²) in [6, 6.07) is 7.95. The average Bonchev–Trinajstić information content (AvgIpc) is 3.22. The second-order valence-electron chi connectivity index (χ2n) is 4.94. The van der Waals surface area contributed by atoms with Crippen LogP contribution in [-0.2, 0) is 0 Å². The standard InChI is InChI=1S/C14H12BrN3O3/c15-9-7-13(17(8-9)11-5-6-11)14(19)16-10-1-3-12(4-2-10)18(20)21/h1-4,7-8,11H,5-6H2,(H,16,19). The first-order chi connectivity index (χ1) is 10.0. The molecule has 1 heterocycles. The van der Waals surface area contributed by atoms with Crippen LogP contribution in [0.1, 0.15) is 29.4 Å². The Kier molecular flexibility index (Phi) is 3.50. The maximum Gasteiger partial charge on any atom is 0.272 e. The third-order valence-corrected chi connectivity index (χ3v) is 3.76. The fraction of sp³-hybridized carbons (Fsp3) is 0.214. The SMILES string of the molecule is O=C(Nc1ccc([N+](=O)[O-])cc1)c1cc(Br)cn1C1CC1. The molecule has 0 atom stereocenters. The van der Waals surface area contributed by atoms with Gasteiger partial charge in [0.15, 0.2) is 0 Å². The number of hydrogen-bond donors (Lipinski definition) is 1. The molecule has 1 aliphatic carbocycles. The highest BCUT2D eigenvalue weighted by molar-refractivity contribution is 9.10. The van der Waals surface area contributed by atoms with E-state index in [2.05, 4.69) is 21.2 Å². The van der Waals surface area contributed by atoms with E-state index in [-0.39, 0.29) is 11.6 Å². The molecule has 1 aliphatic rings. The maximum atomic E-state index is 12.3. The molecule has 1 aromatic heterocycles. The minimum atomic E-state index is -0.471. The molecule has 1 amide bonds. The van der Waals surface area contributed by atoms with Crippen molar-refractivity contribution in [1.29, 1.82) is 0 Å². The van der Waals surface area contributed by atoms with Gasteiger partial charge >= 0.3 is 0 Å². The Morgan fingerprint density at radius 3 is 2.57 bits per heavy atom. The molecule has 0 unspecified atom stereocenters. The lowest BCUT2D eigenvalue weighted by Crippen LogP contribution is -2.16. The van der Waals surface area contributed by atoms with Crippen LogP contribution in [-0.4, -0.2) is 15.4 Å². The normalized spacial score (nSPS) is 14.0. The van der Waals surface area contributed by atoms with Gasteiger partial charge in [-0.15, -0.1) is 0 Å². The van der Waals surface area contributed by atoms with E-state index in [0.29, 0.717) is 17.4 Å². The fourth-order valence-corrected chi connectivity index (χ4v) is 2.58. The number of nitro benzene ring substituents is 1. The van der Waals surface area contributed by atoms with E-state index in [4.69, 9.17) is 0 Å². The first-order valence-corrected chi connectivity index (χ1v) is 7.27. The van der Waals surface area contributed by atoms with E-state index in [1.165, 1.54) is 24.3 Å². The van der Waals surface area contributed by atoms with Gasteiger partial charge in [0, 0.05) is 34.5 Å². The summed E-state index contributed by atoms with van der Waals surface area (Å²) in [5.74, 6) is -0.221. The van der Waals surface area contributed by atoms with Gasteiger partial charge in [-0.3, -0.25) is 14.9 Å². The molecule has 0 spiro atoms.